The first-order valence-electron chi connectivity index (χ1n) is 9.12. The number of benzene rings is 2. The molecule has 1 aliphatic rings. The average molecular weight is 416 g/mol. The number of sulfonamides is 1. The summed E-state index contributed by atoms with van der Waals surface area (Å²) < 4.78 is 38.5. The Morgan fingerprint density at radius 2 is 1.72 bits per heavy atom. The third-order valence-corrected chi connectivity index (χ3v) is 6.88. The lowest BCUT2D eigenvalue weighted by atomic mass is 10.0. The Morgan fingerprint density at radius 1 is 1.07 bits per heavy atom. The standard InChI is InChI=1S/C21H24N2O5S/c1-6-23-17-12-19(28-5)18(27-4)11-16(17)14(3)20(29(23,25)26)21(24)22-15-9-7-8-13(2)10-15/h7-12H,6H2,1-5H3,(H,22,24). The summed E-state index contributed by atoms with van der Waals surface area (Å²) in [5.41, 5.74) is 2.91. The number of carbonyl (C=O) groups excluding carboxylic acids is 1. The first kappa shape index (κ1) is 20.7. The minimum absolute atomic E-state index is 0.166. The molecule has 7 nitrogen and oxygen atoms in total. The lowest BCUT2D eigenvalue weighted by Crippen LogP contribution is -2.39. The number of amides is 1. The smallest absolute Gasteiger partial charge is 0.270 e. The van der Waals surface area contributed by atoms with Gasteiger partial charge >= 0.3 is 0 Å². The van der Waals surface area contributed by atoms with Crippen molar-refractivity contribution in [2.75, 3.05) is 30.4 Å². The number of nitrogens with zero attached hydrogens (tertiary/aromatic N) is 1. The normalized spacial score (nSPS) is 15.0. The highest BCUT2D eigenvalue weighted by atomic mass is 32.2. The maximum atomic E-state index is 13.3. The van der Waals surface area contributed by atoms with Crippen LogP contribution in [0.1, 0.15) is 25.0 Å². The van der Waals surface area contributed by atoms with E-state index < -0.39 is 15.9 Å². The van der Waals surface area contributed by atoms with Crippen LogP contribution in [0.25, 0.3) is 5.57 Å². The quantitative estimate of drug-likeness (QED) is 0.806. The third kappa shape index (κ3) is 3.55. The molecule has 0 unspecified atom stereocenters. The zero-order valence-electron chi connectivity index (χ0n) is 17.1. The Bertz CT molecular complexity index is 1110. The van der Waals surface area contributed by atoms with Crippen molar-refractivity contribution in [3.63, 3.8) is 0 Å². The maximum Gasteiger partial charge on any atom is 0.270 e. The monoisotopic (exact) mass is 416 g/mol. The van der Waals surface area contributed by atoms with Gasteiger partial charge in [-0.2, -0.15) is 0 Å². The average Bonchev–Trinajstić information content (AvgIpc) is 2.66. The topological polar surface area (TPSA) is 84.9 Å². The minimum Gasteiger partial charge on any atom is -0.493 e. The number of methoxy groups -OCH3 is 2. The van der Waals surface area contributed by atoms with Crippen LogP contribution in [-0.4, -0.2) is 35.1 Å². The van der Waals surface area contributed by atoms with Gasteiger partial charge in [-0.05, 0) is 50.1 Å². The van der Waals surface area contributed by atoms with Crippen molar-refractivity contribution in [3.05, 3.63) is 52.4 Å². The molecule has 0 radical (unpaired) electrons. The summed E-state index contributed by atoms with van der Waals surface area (Å²) in [6.45, 7) is 5.40. The van der Waals surface area contributed by atoms with Gasteiger partial charge in [-0.25, -0.2) is 8.42 Å². The largest absolute Gasteiger partial charge is 0.493 e. The van der Waals surface area contributed by atoms with Crippen LogP contribution in [0, 0.1) is 6.92 Å². The van der Waals surface area contributed by atoms with E-state index in [4.69, 9.17) is 9.47 Å². The molecule has 1 N–H and O–H groups in total. The van der Waals surface area contributed by atoms with Crippen molar-refractivity contribution in [3.8, 4) is 11.5 Å². The number of ether oxygens (including phenoxy) is 2. The van der Waals surface area contributed by atoms with Crippen LogP contribution >= 0.6 is 0 Å². The molecule has 0 aliphatic carbocycles. The molecule has 0 saturated carbocycles. The molecule has 0 saturated heterocycles. The predicted octanol–water partition coefficient (Wildman–Crippen LogP) is 3.55. The summed E-state index contributed by atoms with van der Waals surface area (Å²) in [6, 6.07) is 10.5. The molecule has 1 amide bonds. The van der Waals surface area contributed by atoms with Gasteiger partial charge in [0.2, 0.25) is 0 Å². The highest BCUT2D eigenvalue weighted by Gasteiger charge is 2.39. The van der Waals surface area contributed by atoms with Gasteiger partial charge < -0.3 is 14.8 Å². The van der Waals surface area contributed by atoms with Crippen LogP contribution in [0.4, 0.5) is 11.4 Å². The van der Waals surface area contributed by atoms with E-state index in [1.165, 1.54) is 18.5 Å². The van der Waals surface area contributed by atoms with Gasteiger partial charge in [0.15, 0.2) is 16.4 Å². The Hall–Kier alpha value is -3.00. The molecule has 2 aromatic rings. The van der Waals surface area contributed by atoms with E-state index in [-0.39, 0.29) is 11.4 Å². The van der Waals surface area contributed by atoms with Crippen molar-refractivity contribution >= 4 is 32.9 Å². The Kier molecular flexibility index (Phi) is 5.57. The van der Waals surface area contributed by atoms with Crippen LogP contribution in [-0.2, 0) is 14.8 Å². The van der Waals surface area contributed by atoms with Gasteiger partial charge in [-0.1, -0.05) is 12.1 Å². The molecule has 0 aromatic heterocycles. The number of carbonyl (C=O) groups is 1. The molecule has 1 heterocycles. The summed E-state index contributed by atoms with van der Waals surface area (Å²) in [4.78, 5) is 12.7. The van der Waals surface area contributed by atoms with Crippen molar-refractivity contribution in [1.82, 2.24) is 0 Å². The van der Waals surface area contributed by atoms with Crippen LogP contribution in [0.2, 0.25) is 0 Å². The fourth-order valence-electron chi connectivity index (χ4n) is 3.47. The molecule has 0 atom stereocenters. The molecular weight excluding hydrogens is 392 g/mol. The highest BCUT2D eigenvalue weighted by molar-refractivity contribution is 7.97. The fraction of sp³-hybridized carbons (Fsp3) is 0.286. The number of aryl methyl sites for hydroxylation is 1. The van der Waals surface area contributed by atoms with Crippen molar-refractivity contribution in [2.24, 2.45) is 0 Å². The molecule has 0 fully saturated rings. The lowest BCUT2D eigenvalue weighted by Gasteiger charge is -2.32. The number of hydrogen-bond donors (Lipinski definition) is 1. The maximum absolute atomic E-state index is 13.3. The molecule has 154 valence electrons. The second kappa shape index (κ2) is 7.79. The Morgan fingerprint density at radius 3 is 2.31 bits per heavy atom. The Labute approximate surface area is 171 Å². The number of anilines is 2. The molecule has 3 rings (SSSR count). The second-order valence-corrected chi connectivity index (χ2v) is 8.47. The molecular formula is C21H24N2O5S. The summed E-state index contributed by atoms with van der Waals surface area (Å²) in [5.74, 6) is 0.201. The van der Waals surface area contributed by atoms with Crippen molar-refractivity contribution in [1.29, 1.82) is 0 Å². The number of nitrogens with one attached hydrogen (secondary N) is 1. The third-order valence-electron chi connectivity index (χ3n) is 4.83. The molecule has 29 heavy (non-hydrogen) atoms. The molecule has 0 bridgehead atoms. The van der Waals surface area contributed by atoms with E-state index >= 15 is 0 Å². The van der Waals surface area contributed by atoms with Gasteiger partial charge in [0, 0.05) is 23.9 Å². The summed E-state index contributed by atoms with van der Waals surface area (Å²) >= 11 is 0. The van der Waals surface area contributed by atoms with Crippen LogP contribution in [0.3, 0.4) is 0 Å². The van der Waals surface area contributed by atoms with E-state index in [1.807, 2.05) is 13.0 Å². The van der Waals surface area contributed by atoms with Crippen LogP contribution < -0.4 is 19.1 Å². The van der Waals surface area contributed by atoms with E-state index in [9.17, 15) is 13.2 Å². The van der Waals surface area contributed by atoms with Gasteiger partial charge in [0.05, 0.1) is 19.9 Å². The minimum atomic E-state index is -4.05. The van der Waals surface area contributed by atoms with Gasteiger partial charge in [-0.3, -0.25) is 9.10 Å². The van der Waals surface area contributed by atoms with Crippen LogP contribution in [0.5, 0.6) is 11.5 Å². The fourth-order valence-corrected chi connectivity index (χ4v) is 5.22. The second-order valence-electron chi connectivity index (χ2n) is 6.67. The number of allylic oxidation sites excluding steroid dienone is 1. The number of fused-ring (bicyclic) bond motifs is 1. The zero-order valence-corrected chi connectivity index (χ0v) is 17.9. The van der Waals surface area contributed by atoms with E-state index in [0.29, 0.717) is 34.0 Å². The van der Waals surface area contributed by atoms with Gasteiger partial charge in [0.1, 0.15) is 0 Å². The van der Waals surface area contributed by atoms with Gasteiger partial charge in [0.25, 0.3) is 15.9 Å². The van der Waals surface area contributed by atoms with E-state index in [1.54, 1.807) is 44.2 Å². The summed E-state index contributed by atoms with van der Waals surface area (Å²) in [7, 11) is -1.05. The molecule has 8 heteroatoms. The summed E-state index contributed by atoms with van der Waals surface area (Å²) in [6.07, 6.45) is 0. The first-order chi connectivity index (χ1) is 13.7. The number of rotatable bonds is 5. The molecule has 1 aliphatic heterocycles. The SMILES string of the molecule is CCN1c2cc(OC)c(OC)cc2C(C)=C(C(=O)Nc2cccc(C)c2)S1(=O)=O. The van der Waals surface area contributed by atoms with E-state index in [0.717, 1.165) is 5.56 Å². The predicted molar refractivity (Wildman–Crippen MR) is 114 cm³/mol. The van der Waals surface area contributed by atoms with Crippen LogP contribution in [0.15, 0.2) is 41.3 Å². The first-order valence-corrected chi connectivity index (χ1v) is 10.6. The van der Waals surface area contributed by atoms with Gasteiger partial charge in [-0.15, -0.1) is 0 Å². The molecule has 2 aromatic carbocycles. The lowest BCUT2D eigenvalue weighted by molar-refractivity contribution is -0.112. The molecule has 0 spiro atoms. The summed E-state index contributed by atoms with van der Waals surface area (Å²) in [5, 5.41) is 2.71. The van der Waals surface area contributed by atoms with E-state index in [2.05, 4.69) is 5.32 Å². The Balaban J connectivity index is 2.19. The van der Waals surface area contributed by atoms with Crippen molar-refractivity contribution < 1.29 is 22.7 Å². The zero-order chi connectivity index (χ0) is 21.3. The number of hydrogen-bond acceptors (Lipinski definition) is 5. The van der Waals surface area contributed by atoms with Crippen molar-refractivity contribution in [2.45, 2.75) is 20.8 Å². The highest BCUT2D eigenvalue weighted by Crippen LogP contribution is 2.44.